The van der Waals surface area contributed by atoms with Gasteiger partial charge in [0.2, 0.25) is 5.91 Å². The Morgan fingerprint density at radius 2 is 1.71 bits per heavy atom. The number of hydrogen-bond acceptors (Lipinski definition) is 4. The lowest BCUT2D eigenvalue weighted by atomic mass is 10.1. The monoisotopic (exact) mass is 433 g/mol. The highest BCUT2D eigenvalue weighted by atomic mass is 32.1. The van der Waals surface area contributed by atoms with E-state index in [1.165, 1.54) is 17.4 Å². The molecule has 3 aromatic carbocycles. The van der Waals surface area contributed by atoms with E-state index in [9.17, 15) is 9.18 Å². The largest absolute Gasteiger partial charge is 0.378 e. The summed E-state index contributed by atoms with van der Waals surface area (Å²) in [5.74, 6) is -0.449. The third-order valence-electron chi connectivity index (χ3n) is 5.22. The highest BCUT2D eigenvalue weighted by Gasteiger charge is 2.22. The molecule has 31 heavy (non-hydrogen) atoms. The van der Waals surface area contributed by atoms with Crippen LogP contribution in [-0.4, -0.2) is 25.0 Å². The molecule has 0 aliphatic rings. The molecule has 0 bridgehead atoms. The lowest BCUT2D eigenvalue weighted by Crippen LogP contribution is -2.26. The maximum absolute atomic E-state index is 14.3. The first-order valence-electron chi connectivity index (χ1n) is 10.1. The Bertz CT molecular complexity index is 1180. The van der Waals surface area contributed by atoms with Crippen molar-refractivity contribution in [3.8, 4) is 0 Å². The van der Waals surface area contributed by atoms with Gasteiger partial charge in [-0.25, -0.2) is 9.37 Å². The van der Waals surface area contributed by atoms with Crippen molar-refractivity contribution < 1.29 is 9.18 Å². The highest BCUT2D eigenvalue weighted by molar-refractivity contribution is 7.22. The molecule has 4 aromatic rings. The van der Waals surface area contributed by atoms with Crippen molar-refractivity contribution in [2.75, 3.05) is 23.9 Å². The number of carbonyl (C=O) groups excluding carboxylic acids is 1. The van der Waals surface area contributed by atoms with Gasteiger partial charge in [0.15, 0.2) is 5.13 Å². The fraction of sp³-hybridized carbons (Fsp3) is 0.200. The lowest BCUT2D eigenvalue weighted by Gasteiger charge is -2.20. The zero-order chi connectivity index (χ0) is 22.0. The summed E-state index contributed by atoms with van der Waals surface area (Å²) >= 11 is 1.43. The third-order valence-corrected chi connectivity index (χ3v) is 6.24. The Morgan fingerprint density at radius 3 is 2.39 bits per heavy atom. The van der Waals surface area contributed by atoms with Crippen molar-refractivity contribution in [3.05, 3.63) is 83.7 Å². The second kappa shape index (κ2) is 8.86. The first-order valence-corrected chi connectivity index (χ1v) is 10.9. The van der Waals surface area contributed by atoms with Gasteiger partial charge < -0.3 is 4.90 Å². The molecule has 0 fully saturated rings. The van der Waals surface area contributed by atoms with E-state index in [0.717, 1.165) is 21.5 Å². The van der Waals surface area contributed by atoms with Crippen LogP contribution in [0.3, 0.4) is 0 Å². The van der Waals surface area contributed by atoms with Crippen LogP contribution in [0.2, 0.25) is 0 Å². The van der Waals surface area contributed by atoms with Crippen LogP contribution >= 0.6 is 11.3 Å². The minimum Gasteiger partial charge on any atom is -0.378 e. The van der Waals surface area contributed by atoms with Crippen LogP contribution in [0.5, 0.6) is 0 Å². The molecule has 0 atom stereocenters. The number of aryl methyl sites for hydroxylation is 2. The fourth-order valence-corrected chi connectivity index (χ4v) is 4.37. The van der Waals surface area contributed by atoms with Gasteiger partial charge in [0, 0.05) is 26.2 Å². The molecule has 0 spiro atoms. The molecule has 1 heterocycles. The van der Waals surface area contributed by atoms with Gasteiger partial charge >= 0.3 is 0 Å². The number of rotatable bonds is 6. The second-order valence-corrected chi connectivity index (χ2v) is 8.70. The number of para-hydroxylation sites is 1. The smallest absolute Gasteiger partial charge is 0.233 e. The number of anilines is 3. The van der Waals surface area contributed by atoms with E-state index in [2.05, 4.69) is 4.98 Å². The van der Waals surface area contributed by atoms with Gasteiger partial charge in [0.05, 0.1) is 15.9 Å². The van der Waals surface area contributed by atoms with Crippen LogP contribution in [0.1, 0.15) is 17.5 Å². The zero-order valence-corrected chi connectivity index (χ0v) is 18.6. The van der Waals surface area contributed by atoms with Gasteiger partial charge in [-0.2, -0.15) is 0 Å². The SMILES string of the molecule is Cc1ccc(N(C(=O)CCc2ccc(N(C)C)cc2)c2nc3ccccc3s2)cc1F. The van der Waals surface area contributed by atoms with Crippen LogP contribution in [0.4, 0.5) is 20.9 Å². The van der Waals surface area contributed by atoms with E-state index >= 15 is 0 Å². The Kier molecular flexibility index (Phi) is 6.00. The zero-order valence-electron chi connectivity index (χ0n) is 17.8. The molecule has 158 valence electrons. The fourth-order valence-electron chi connectivity index (χ4n) is 3.36. The normalized spacial score (nSPS) is 11.0. The summed E-state index contributed by atoms with van der Waals surface area (Å²) in [5, 5.41) is 0.553. The molecule has 1 amide bonds. The molecule has 0 radical (unpaired) electrons. The summed E-state index contributed by atoms with van der Waals surface area (Å²) in [6, 6.07) is 20.8. The Morgan fingerprint density at radius 1 is 1.00 bits per heavy atom. The van der Waals surface area contributed by atoms with Gasteiger partial charge in [0.1, 0.15) is 5.82 Å². The Balaban J connectivity index is 1.63. The first kappa shape index (κ1) is 21.0. The van der Waals surface area contributed by atoms with E-state index in [4.69, 9.17) is 0 Å². The second-order valence-electron chi connectivity index (χ2n) is 7.69. The van der Waals surface area contributed by atoms with E-state index in [1.54, 1.807) is 24.0 Å². The number of thiazole rings is 1. The number of nitrogens with zero attached hydrogens (tertiary/aromatic N) is 3. The predicted octanol–water partition coefficient (Wildman–Crippen LogP) is 6.11. The van der Waals surface area contributed by atoms with Crippen LogP contribution in [0, 0.1) is 12.7 Å². The summed E-state index contributed by atoms with van der Waals surface area (Å²) in [4.78, 5) is 21.6. The average Bonchev–Trinajstić information content (AvgIpc) is 3.18. The molecule has 0 unspecified atom stereocenters. The Labute approximate surface area is 185 Å². The van der Waals surface area contributed by atoms with Gasteiger partial charge in [0.25, 0.3) is 0 Å². The number of hydrogen-bond donors (Lipinski definition) is 0. The van der Waals surface area contributed by atoms with Crippen molar-refractivity contribution >= 4 is 44.0 Å². The van der Waals surface area contributed by atoms with E-state index in [1.807, 2.05) is 67.5 Å². The van der Waals surface area contributed by atoms with Crippen molar-refractivity contribution in [3.63, 3.8) is 0 Å². The first-order chi connectivity index (χ1) is 14.9. The molecular weight excluding hydrogens is 409 g/mol. The highest BCUT2D eigenvalue weighted by Crippen LogP contribution is 2.34. The van der Waals surface area contributed by atoms with E-state index in [0.29, 0.717) is 29.2 Å². The summed E-state index contributed by atoms with van der Waals surface area (Å²) < 4.78 is 15.3. The van der Waals surface area contributed by atoms with Crippen molar-refractivity contribution in [1.29, 1.82) is 0 Å². The maximum atomic E-state index is 14.3. The van der Waals surface area contributed by atoms with E-state index < -0.39 is 0 Å². The predicted molar refractivity (Wildman–Crippen MR) is 127 cm³/mol. The van der Waals surface area contributed by atoms with Crippen LogP contribution < -0.4 is 9.80 Å². The average molecular weight is 434 g/mol. The van der Waals surface area contributed by atoms with Crippen LogP contribution in [0.15, 0.2) is 66.7 Å². The molecular formula is C25H24FN3OS. The summed E-state index contributed by atoms with van der Waals surface area (Å²) in [6.45, 7) is 1.71. The van der Waals surface area contributed by atoms with Crippen LogP contribution in [-0.2, 0) is 11.2 Å². The molecule has 1 aromatic heterocycles. The van der Waals surface area contributed by atoms with Crippen LogP contribution in [0.25, 0.3) is 10.2 Å². The topological polar surface area (TPSA) is 36.4 Å². The molecule has 4 rings (SSSR count). The number of fused-ring (bicyclic) bond motifs is 1. The summed E-state index contributed by atoms with van der Waals surface area (Å²) in [7, 11) is 3.99. The van der Waals surface area contributed by atoms with Gasteiger partial charge in [-0.1, -0.05) is 41.7 Å². The molecule has 0 saturated carbocycles. The summed E-state index contributed by atoms with van der Waals surface area (Å²) in [6.07, 6.45) is 0.898. The number of carbonyl (C=O) groups is 1. The number of benzene rings is 3. The number of halogens is 1. The third kappa shape index (κ3) is 4.59. The number of aromatic nitrogens is 1. The maximum Gasteiger partial charge on any atom is 0.233 e. The van der Waals surface area contributed by atoms with E-state index in [-0.39, 0.29) is 11.7 Å². The minimum atomic E-state index is -0.337. The van der Waals surface area contributed by atoms with Crippen molar-refractivity contribution in [2.45, 2.75) is 19.8 Å². The quantitative estimate of drug-likeness (QED) is 0.368. The molecule has 0 saturated heterocycles. The molecule has 0 aliphatic heterocycles. The molecule has 4 nitrogen and oxygen atoms in total. The Hall–Kier alpha value is -3.25. The summed E-state index contributed by atoms with van der Waals surface area (Å²) in [5.41, 5.74) is 4.06. The van der Waals surface area contributed by atoms with Crippen molar-refractivity contribution in [1.82, 2.24) is 4.98 Å². The lowest BCUT2D eigenvalue weighted by molar-refractivity contribution is -0.117. The minimum absolute atomic E-state index is 0.112. The molecule has 0 aliphatic carbocycles. The van der Waals surface area contributed by atoms with Gasteiger partial charge in [-0.15, -0.1) is 0 Å². The van der Waals surface area contributed by atoms with Crippen molar-refractivity contribution in [2.24, 2.45) is 0 Å². The number of amides is 1. The molecule has 0 N–H and O–H groups in total. The van der Waals surface area contributed by atoms with Gasteiger partial charge in [-0.3, -0.25) is 9.69 Å². The standard InChI is InChI=1S/C25H24FN3OS/c1-17-8-12-20(16-21(17)26)29(25-27-22-6-4-5-7-23(22)31-25)24(30)15-11-18-9-13-19(14-10-18)28(2)3/h4-10,12-14,16H,11,15H2,1-3H3. The van der Waals surface area contributed by atoms with Gasteiger partial charge in [-0.05, 0) is 60.9 Å². The molecule has 6 heteroatoms.